The summed E-state index contributed by atoms with van der Waals surface area (Å²) in [6.07, 6.45) is 2.58. The molecule has 1 aromatic carbocycles. The van der Waals surface area contributed by atoms with E-state index in [1.165, 1.54) is 0 Å². The van der Waals surface area contributed by atoms with Crippen LogP contribution in [-0.2, 0) is 13.1 Å². The molecule has 28 heavy (non-hydrogen) atoms. The van der Waals surface area contributed by atoms with Gasteiger partial charge < -0.3 is 19.7 Å². The number of nitrogens with one attached hydrogen (secondary N) is 1. The Kier molecular flexibility index (Phi) is 6.81. The average molecular weight is 383 g/mol. The van der Waals surface area contributed by atoms with E-state index in [1.807, 2.05) is 30.3 Å². The normalized spacial score (nSPS) is 13.7. The molecule has 1 aliphatic rings. The van der Waals surface area contributed by atoms with Gasteiger partial charge in [0.25, 0.3) is 11.8 Å². The van der Waals surface area contributed by atoms with Crippen LogP contribution in [0.3, 0.4) is 0 Å². The topological polar surface area (TPSA) is 70.5 Å². The van der Waals surface area contributed by atoms with Crippen LogP contribution in [-0.4, -0.2) is 63.9 Å². The van der Waals surface area contributed by atoms with E-state index in [0.717, 1.165) is 31.6 Å². The highest BCUT2D eigenvalue weighted by molar-refractivity contribution is 5.96. The average Bonchev–Trinajstić information content (AvgIpc) is 3.16. The van der Waals surface area contributed by atoms with E-state index in [1.54, 1.807) is 15.7 Å². The van der Waals surface area contributed by atoms with Crippen molar-refractivity contribution in [2.24, 2.45) is 0 Å². The number of aromatic nitrogens is 2. The second-order valence-corrected chi connectivity index (χ2v) is 6.99. The van der Waals surface area contributed by atoms with E-state index in [2.05, 4.69) is 29.0 Å². The molecule has 2 amide bonds. The molecule has 2 aromatic rings. The van der Waals surface area contributed by atoms with Gasteiger partial charge in [0.05, 0.1) is 0 Å². The largest absolute Gasteiger partial charge is 0.351 e. The Morgan fingerprint density at radius 2 is 1.93 bits per heavy atom. The highest BCUT2D eigenvalue weighted by Crippen LogP contribution is 2.16. The second kappa shape index (κ2) is 9.50. The van der Waals surface area contributed by atoms with Crippen LogP contribution in [0.25, 0.3) is 0 Å². The van der Waals surface area contributed by atoms with Crippen LogP contribution in [0.1, 0.15) is 46.9 Å². The Bertz CT molecular complexity index is 798. The van der Waals surface area contributed by atoms with E-state index in [4.69, 9.17) is 0 Å². The molecule has 0 bridgehead atoms. The summed E-state index contributed by atoms with van der Waals surface area (Å²) in [4.78, 5) is 33.6. The van der Waals surface area contributed by atoms with Crippen molar-refractivity contribution in [1.82, 2.24) is 24.7 Å². The van der Waals surface area contributed by atoms with Crippen LogP contribution in [0.5, 0.6) is 0 Å². The van der Waals surface area contributed by atoms with Gasteiger partial charge in [-0.25, -0.2) is 4.98 Å². The number of amides is 2. The van der Waals surface area contributed by atoms with Gasteiger partial charge in [0, 0.05) is 32.4 Å². The zero-order valence-electron chi connectivity index (χ0n) is 16.7. The molecule has 2 heterocycles. The molecule has 0 atom stereocenters. The molecule has 0 fully saturated rings. The number of carbonyl (C=O) groups is 2. The first-order valence-corrected chi connectivity index (χ1v) is 10.0. The number of nitrogens with zero attached hydrogens (tertiary/aromatic N) is 4. The van der Waals surface area contributed by atoms with Crippen molar-refractivity contribution in [3.8, 4) is 0 Å². The Morgan fingerprint density at radius 1 is 1.18 bits per heavy atom. The van der Waals surface area contributed by atoms with Crippen LogP contribution < -0.4 is 5.32 Å². The van der Waals surface area contributed by atoms with Gasteiger partial charge in [0.15, 0.2) is 5.82 Å². The van der Waals surface area contributed by atoms with E-state index < -0.39 is 0 Å². The lowest BCUT2D eigenvalue weighted by Gasteiger charge is -2.27. The third kappa shape index (κ3) is 4.78. The molecule has 3 rings (SSSR count). The quantitative estimate of drug-likeness (QED) is 0.673. The fourth-order valence-electron chi connectivity index (χ4n) is 3.43. The Labute approximate surface area is 166 Å². The van der Waals surface area contributed by atoms with E-state index in [0.29, 0.717) is 37.7 Å². The van der Waals surface area contributed by atoms with Crippen LogP contribution in [0.2, 0.25) is 0 Å². The van der Waals surface area contributed by atoms with Crippen LogP contribution in [0.15, 0.2) is 36.5 Å². The van der Waals surface area contributed by atoms with Crippen molar-refractivity contribution >= 4 is 11.8 Å². The number of hydrogen-bond donors (Lipinski definition) is 1. The summed E-state index contributed by atoms with van der Waals surface area (Å²) in [6, 6.07) is 9.90. The van der Waals surface area contributed by atoms with Crippen molar-refractivity contribution in [2.45, 2.75) is 33.4 Å². The lowest BCUT2D eigenvalue weighted by molar-refractivity contribution is 0.0683. The fraction of sp³-hybridized carbons (Fsp3) is 0.476. The van der Waals surface area contributed by atoms with Crippen molar-refractivity contribution in [2.75, 3.05) is 32.7 Å². The number of rotatable bonds is 9. The number of hydrogen-bond acceptors (Lipinski definition) is 4. The fourth-order valence-corrected chi connectivity index (χ4v) is 3.43. The standard InChI is InChI=1S/C21H29N5O2/c1-3-24(4-2)12-8-11-22-20(27)18-16-25-13-14-26(21(28)19(25)23-18)15-17-9-6-5-7-10-17/h5-7,9-10,16H,3-4,8,11-15H2,1-2H3,(H,22,27). The monoisotopic (exact) mass is 383 g/mol. The zero-order valence-corrected chi connectivity index (χ0v) is 16.7. The minimum Gasteiger partial charge on any atom is -0.351 e. The summed E-state index contributed by atoms with van der Waals surface area (Å²) < 4.78 is 1.79. The molecule has 1 N–H and O–H groups in total. The smallest absolute Gasteiger partial charge is 0.290 e. The van der Waals surface area contributed by atoms with Crippen molar-refractivity contribution in [3.05, 3.63) is 53.6 Å². The maximum absolute atomic E-state index is 12.8. The van der Waals surface area contributed by atoms with Crippen molar-refractivity contribution in [3.63, 3.8) is 0 Å². The molecular formula is C21H29N5O2. The molecule has 0 radical (unpaired) electrons. The van der Waals surface area contributed by atoms with Gasteiger partial charge >= 0.3 is 0 Å². The molecule has 0 spiro atoms. The van der Waals surface area contributed by atoms with Gasteiger partial charge in [0.1, 0.15) is 5.69 Å². The molecule has 0 aliphatic carbocycles. The molecule has 0 saturated heterocycles. The SMILES string of the molecule is CCN(CC)CCCNC(=O)c1cn2c(n1)C(=O)N(Cc1ccccc1)CC2. The van der Waals surface area contributed by atoms with Gasteiger partial charge in [-0.2, -0.15) is 0 Å². The summed E-state index contributed by atoms with van der Waals surface area (Å²) in [5.41, 5.74) is 1.40. The minimum atomic E-state index is -0.219. The first-order valence-electron chi connectivity index (χ1n) is 10.0. The molecule has 150 valence electrons. The number of fused-ring (bicyclic) bond motifs is 1. The first-order chi connectivity index (χ1) is 13.6. The summed E-state index contributed by atoms with van der Waals surface area (Å²) >= 11 is 0. The highest BCUT2D eigenvalue weighted by Gasteiger charge is 2.28. The van der Waals surface area contributed by atoms with E-state index >= 15 is 0 Å². The van der Waals surface area contributed by atoms with E-state index in [9.17, 15) is 9.59 Å². The zero-order chi connectivity index (χ0) is 19.9. The molecule has 1 aromatic heterocycles. The van der Waals surface area contributed by atoms with Gasteiger partial charge in [0.2, 0.25) is 0 Å². The summed E-state index contributed by atoms with van der Waals surface area (Å²) in [5, 5.41) is 2.91. The third-order valence-electron chi connectivity index (χ3n) is 5.15. The van der Waals surface area contributed by atoms with E-state index in [-0.39, 0.29) is 11.8 Å². The Morgan fingerprint density at radius 3 is 2.64 bits per heavy atom. The Balaban J connectivity index is 1.56. The lowest BCUT2D eigenvalue weighted by Crippen LogP contribution is -2.39. The molecular weight excluding hydrogens is 354 g/mol. The predicted octanol–water partition coefficient (Wildman–Crippen LogP) is 2.00. The lowest BCUT2D eigenvalue weighted by atomic mass is 10.2. The predicted molar refractivity (Wildman–Crippen MR) is 108 cm³/mol. The third-order valence-corrected chi connectivity index (χ3v) is 5.15. The van der Waals surface area contributed by atoms with Gasteiger partial charge in [-0.05, 0) is 31.6 Å². The maximum Gasteiger partial charge on any atom is 0.290 e. The Hall–Kier alpha value is -2.67. The maximum atomic E-state index is 12.8. The summed E-state index contributed by atoms with van der Waals surface area (Å²) in [5.74, 6) is -0.00462. The summed E-state index contributed by atoms with van der Waals surface area (Å²) in [7, 11) is 0. The summed E-state index contributed by atoms with van der Waals surface area (Å²) in [6.45, 7) is 9.67. The van der Waals surface area contributed by atoms with Crippen LogP contribution >= 0.6 is 0 Å². The number of imidazole rings is 1. The van der Waals surface area contributed by atoms with Crippen LogP contribution in [0.4, 0.5) is 0 Å². The second-order valence-electron chi connectivity index (χ2n) is 6.99. The minimum absolute atomic E-state index is 0.129. The van der Waals surface area contributed by atoms with Crippen LogP contribution in [0, 0.1) is 0 Å². The molecule has 7 heteroatoms. The molecule has 0 saturated carbocycles. The van der Waals surface area contributed by atoms with Crippen molar-refractivity contribution in [1.29, 1.82) is 0 Å². The molecule has 1 aliphatic heterocycles. The molecule has 0 unspecified atom stereocenters. The number of benzene rings is 1. The van der Waals surface area contributed by atoms with Gasteiger partial charge in [-0.1, -0.05) is 44.2 Å². The highest BCUT2D eigenvalue weighted by atomic mass is 16.2. The molecule has 7 nitrogen and oxygen atoms in total. The van der Waals surface area contributed by atoms with Crippen molar-refractivity contribution < 1.29 is 9.59 Å². The van der Waals surface area contributed by atoms with Gasteiger partial charge in [-0.3, -0.25) is 9.59 Å². The first kappa shape index (κ1) is 20.1. The number of carbonyl (C=O) groups excluding carboxylic acids is 2. The van der Waals surface area contributed by atoms with Gasteiger partial charge in [-0.15, -0.1) is 0 Å².